The molecular weight excluding hydrogens is 291 g/mol. The minimum atomic E-state index is -0.840. The number of allylic oxidation sites excluding steroid dienone is 1. The van der Waals surface area contributed by atoms with Gasteiger partial charge in [0.25, 0.3) is 0 Å². The van der Waals surface area contributed by atoms with Gasteiger partial charge in [0.2, 0.25) is 0 Å². The lowest BCUT2D eigenvalue weighted by Crippen LogP contribution is -2.36. The number of likely N-dealkylation sites (tertiary alicyclic amines) is 1. The second-order valence-corrected chi connectivity index (χ2v) is 6.20. The maximum atomic E-state index is 13.4. The molecule has 3 atom stereocenters. The third-order valence-corrected chi connectivity index (χ3v) is 4.75. The molecule has 0 bridgehead atoms. The molecule has 2 nitrogen and oxygen atoms in total. The van der Waals surface area contributed by atoms with E-state index >= 15 is 0 Å². The smallest absolute Gasteiger partial charge is 0.159 e. The van der Waals surface area contributed by atoms with E-state index in [0.29, 0.717) is 30.9 Å². The molecule has 1 saturated heterocycles. The molecule has 2 fully saturated rings. The van der Waals surface area contributed by atoms with Crippen molar-refractivity contribution in [2.45, 2.75) is 19.0 Å². The van der Waals surface area contributed by atoms with Gasteiger partial charge >= 0.3 is 0 Å². The van der Waals surface area contributed by atoms with Gasteiger partial charge in [-0.1, -0.05) is 6.07 Å². The van der Waals surface area contributed by atoms with Crippen LogP contribution in [-0.2, 0) is 11.2 Å². The number of hydrogen-bond acceptors (Lipinski definition) is 2. The van der Waals surface area contributed by atoms with E-state index in [1.807, 2.05) is 6.08 Å². The predicted octanol–water partition coefficient (Wildman–Crippen LogP) is 3.33. The van der Waals surface area contributed by atoms with E-state index in [1.54, 1.807) is 13.2 Å². The maximum absolute atomic E-state index is 13.4. The van der Waals surface area contributed by atoms with Crippen molar-refractivity contribution in [1.82, 2.24) is 4.90 Å². The molecular formula is C17H20F3NO. The van der Waals surface area contributed by atoms with E-state index in [0.717, 1.165) is 24.9 Å². The molecule has 0 aromatic heterocycles. The van der Waals surface area contributed by atoms with Gasteiger partial charge in [0.15, 0.2) is 11.6 Å². The Morgan fingerprint density at radius 3 is 2.77 bits per heavy atom. The molecule has 120 valence electrons. The minimum Gasteiger partial charge on any atom is -0.500 e. The summed E-state index contributed by atoms with van der Waals surface area (Å²) in [4.78, 5) is 2.20. The molecule has 0 amide bonds. The number of fused-ring (bicyclic) bond motifs is 1. The normalized spacial score (nSPS) is 28.4. The van der Waals surface area contributed by atoms with E-state index in [4.69, 9.17) is 4.74 Å². The second-order valence-electron chi connectivity index (χ2n) is 6.20. The summed E-state index contributed by atoms with van der Waals surface area (Å²) in [5.74, 6) is -0.229. The van der Waals surface area contributed by atoms with Crippen LogP contribution in [0.2, 0.25) is 0 Å². The SMILES string of the molecule is CO/C(=C\Cc1ccc(F)c(F)c1)CN1CC2CC(F)C2C1. The molecule has 1 saturated carbocycles. The fraction of sp³-hybridized carbons (Fsp3) is 0.529. The van der Waals surface area contributed by atoms with Crippen LogP contribution in [-0.4, -0.2) is 37.8 Å². The van der Waals surface area contributed by atoms with Crippen LogP contribution in [0.1, 0.15) is 12.0 Å². The summed E-state index contributed by atoms with van der Waals surface area (Å²) in [7, 11) is 1.60. The van der Waals surface area contributed by atoms with Crippen LogP contribution >= 0.6 is 0 Å². The van der Waals surface area contributed by atoms with Crippen LogP contribution in [0.4, 0.5) is 13.2 Å². The van der Waals surface area contributed by atoms with Crippen LogP contribution in [0.3, 0.4) is 0 Å². The summed E-state index contributed by atoms with van der Waals surface area (Å²) in [6.07, 6.45) is 2.39. The Hall–Kier alpha value is -1.49. The van der Waals surface area contributed by atoms with Gasteiger partial charge in [0, 0.05) is 19.0 Å². The van der Waals surface area contributed by atoms with Gasteiger partial charge in [0.1, 0.15) is 11.9 Å². The molecule has 0 radical (unpaired) electrons. The number of ether oxygens (including phenoxy) is 1. The summed E-state index contributed by atoms with van der Waals surface area (Å²) in [6, 6.07) is 3.89. The molecule has 0 N–H and O–H groups in total. The van der Waals surface area contributed by atoms with Gasteiger partial charge in [0.05, 0.1) is 13.7 Å². The molecule has 1 aromatic rings. The fourth-order valence-electron chi connectivity index (χ4n) is 3.38. The van der Waals surface area contributed by atoms with E-state index in [1.165, 1.54) is 6.07 Å². The highest BCUT2D eigenvalue weighted by Gasteiger charge is 2.47. The molecule has 3 unspecified atom stereocenters. The highest BCUT2D eigenvalue weighted by molar-refractivity contribution is 5.21. The third kappa shape index (κ3) is 3.14. The zero-order valence-corrected chi connectivity index (χ0v) is 12.6. The van der Waals surface area contributed by atoms with Crippen molar-refractivity contribution in [2.24, 2.45) is 11.8 Å². The first-order chi connectivity index (χ1) is 10.6. The van der Waals surface area contributed by atoms with Gasteiger partial charge in [-0.2, -0.15) is 0 Å². The van der Waals surface area contributed by atoms with Crippen LogP contribution in [0.25, 0.3) is 0 Å². The number of methoxy groups -OCH3 is 1. The van der Waals surface area contributed by atoms with Crippen molar-refractivity contribution in [3.8, 4) is 0 Å². The minimum absolute atomic E-state index is 0.185. The molecule has 3 rings (SSSR count). The van der Waals surface area contributed by atoms with Gasteiger partial charge in [-0.05, 0) is 42.5 Å². The largest absolute Gasteiger partial charge is 0.500 e. The Morgan fingerprint density at radius 2 is 2.14 bits per heavy atom. The summed E-state index contributed by atoms with van der Waals surface area (Å²) in [5.41, 5.74) is 0.693. The third-order valence-electron chi connectivity index (χ3n) is 4.75. The Bertz CT molecular complexity index is 575. The summed E-state index contributed by atoms with van der Waals surface area (Å²) in [6.45, 7) is 2.33. The lowest BCUT2D eigenvalue weighted by atomic mass is 9.75. The average Bonchev–Trinajstić information content (AvgIpc) is 2.83. The van der Waals surface area contributed by atoms with Crippen molar-refractivity contribution in [2.75, 3.05) is 26.7 Å². The number of alkyl halides is 1. The molecule has 1 aliphatic carbocycles. The predicted molar refractivity (Wildman–Crippen MR) is 78.1 cm³/mol. The Balaban J connectivity index is 1.58. The first kappa shape index (κ1) is 15.4. The van der Waals surface area contributed by atoms with Crippen molar-refractivity contribution >= 4 is 0 Å². The zero-order valence-electron chi connectivity index (χ0n) is 12.6. The van der Waals surface area contributed by atoms with Crippen LogP contribution in [0.5, 0.6) is 0 Å². The number of rotatable bonds is 5. The highest BCUT2D eigenvalue weighted by Crippen LogP contribution is 2.42. The molecule has 1 heterocycles. The Morgan fingerprint density at radius 1 is 1.32 bits per heavy atom. The van der Waals surface area contributed by atoms with Crippen molar-refractivity contribution in [3.63, 3.8) is 0 Å². The first-order valence-electron chi connectivity index (χ1n) is 7.60. The summed E-state index contributed by atoms with van der Waals surface area (Å²) in [5, 5.41) is 0. The van der Waals surface area contributed by atoms with Crippen molar-refractivity contribution < 1.29 is 17.9 Å². The van der Waals surface area contributed by atoms with Gasteiger partial charge < -0.3 is 4.74 Å². The van der Waals surface area contributed by atoms with Crippen LogP contribution in [0, 0.1) is 23.5 Å². The topological polar surface area (TPSA) is 12.5 Å². The molecule has 5 heteroatoms. The Kier molecular flexibility index (Phi) is 4.43. The van der Waals surface area contributed by atoms with Gasteiger partial charge in [-0.15, -0.1) is 0 Å². The molecule has 2 aliphatic rings. The summed E-state index contributed by atoms with van der Waals surface area (Å²) >= 11 is 0. The average molecular weight is 311 g/mol. The van der Waals surface area contributed by atoms with Crippen LogP contribution in [0.15, 0.2) is 30.0 Å². The quantitative estimate of drug-likeness (QED) is 0.774. The first-order valence-corrected chi connectivity index (χ1v) is 7.60. The number of benzene rings is 1. The maximum Gasteiger partial charge on any atom is 0.159 e. The number of hydrogen-bond donors (Lipinski definition) is 0. The lowest BCUT2D eigenvalue weighted by molar-refractivity contribution is 0.0730. The summed E-state index contributed by atoms with van der Waals surface area (Å²) < 4.78 is 44.8. The number of nitrogens with zero attached hydrogens (tertiary/aromatic N) is 1. The molecule has 22 heavy (non-hydrogen) atoms. The van der Waals surface area contributed by atoms with Crippen LogP contribution < -0.4 is 0 Å². The second kappa shape index (κ2) is 6.32. The standard InChI is InChI=1S/C17H20F3NO/c1-22-13(4-2-11-3-5-15(18)17(20)6-11)9-21-8-12-7-16(19)14(12)10-21/h3-6,12,14,16H,2,7-10H2,1H3/b13-4-. The van der Waals surface area contributed by atoms with Crippen molar-refractivity contribution in [1.29, 1.82) is 0 Å². The van der Waals surface area contributed by atoms with E-state index in [2.05, 4.69) is 4.90 Å². The molecule has 0 spiro atoms. The fourth-order valence-corrected chi connectivity index (χ4v) is 3.38. The monoisotopic (exact) mass is 311 g/mol. The van der Waals surface area contributed by atoms with Gasteiger partial charge in [-0.3, -0.25) is 4.90 Å². The Labute approximate surface area is 128 Å². The van der Waals surface area contributed by atoms with Gasteiger partial charge in [-0.25, -0.2) is 13.2 Å². The van der Waals surface area contributed by atoms with Crippen molar-refractivity contribution in [3.05, 3.63) is 47.2 Å². The van der Waals surface area contributed by atoms with E-state index < -0.39 is 17.8 Å². The lowest BCUT2D eigenvalue weighted by Gasteiger charge is -2.33. The van der Waals surface area contributed by atoms with E-state index in [9.17, 15) is 13.2 Å². The number of halogens is 3. The van der Waals surface area contributed by atoms with E-state index in [-0.39, 0.29) is 5.92 Å². The molecule has 1 aliphatic heterocycles. The zero-order chi connectivity index (χ0) is 15.7. The molecule has 1 aromatic carbocycles. The highest BCUT2D eigenvalue weighted by atomic mass is 19.2.